The van der Waals surface area contributed by atoms with Crippen molar-refractivity contribution >= 4 is 17.7 Å². The highest BCUT2D eigenvalue weighted by Crippen LogP contribution is 2.26. The number of aliphatic hydroxyl groups is 5. The van der Waals surface area contributed by atoms with Gasteiger partial charge in [-0.2, -0.15) is 0 Å². The predicted molar refractivity (Wildman–Crippen MR) is 105 cm³/mol. The molecule has 27 heavy (non-hydrogen) atoms. The van der Waals surface area contributed by atoms with E-state index < -0.39 is 29.9 Å². The molecule has 9 heteroatoms. The molecule has 1 aliphatic heterocycles. The topological polar surface area (TPSA) is 133 Å². The van der Waals surface area contributed by atoms with Gasteiger partial charge >= 0.3 is 0 Å². The lowest BCUT2D eigenvalue weighted by Gasteiger charge is -2.26. The summed E-state index contributed by atoms with van der Waals surface area (Å²) in [5, 5.41) is 52.0. The number of amides is 1. The summed E-state index contributed by atoms with van der Waals surface area (Å²) < 4.78 is 0. The van der Waals surface area contributed by atoms with Gasteiger partial charge in [0.15, 0.2) is 0 Å². The highest BCUT2D eigenvalue weighted by atomic mass is 32.2. The zero-order valence-electron chi connectivity index (χ0n) is 16.4. The largest absolute Gasteiger partial charge is 0.387 e. The number of hydrogen-bond acceptors (Lipinski definition) is 8. The lowest BCUT2D eigenvalue weighted by atomic mass is 10.00. The zero-order chi connectivity index (χ0) is 20.7. The second-order valence-corrected chi connectivity index (χ2v) is 8.19. The minimum atomic E-state index is -1.67. The van der Waals surface area contributed by atoms with Gasteiger partial charge < -0.3 is 30.8 Å². The molecule has 0 radical (unpaired) electrons. The molecular weight excluding hydrogens is 372 g/mol. The van der Waals surface area contributed by atoms with Crippen LogP contribution in [0.4, 0.5) is 0 Å². The molecule has 0 spiro atoms. The molecule has 6 N–H and O–H groups in total. The van der Waals surface area contributed by atoms with Crippen molar-refractivity contribution in [3.05, 3.63) is 11.8 Å². The zero-order valence-corrected chi connectivity index (χ0v) is 17.3. The summed E-state index contributed by atoms with van der Waals surface area (Å²) in [5.41, 5.74) is -1.22. The Morgan fingerprint density at radius 1 is 1.26 bits per heavy atom. The van der Waals surface area contributed by atoms with Crippen molar-refractivity contribution in [1.29, 1.82) is 0 Å². The molecule has 1 aliphatic rings. The third-order valence-electron chi connectivity index (χ3n) is 4.94. The summed E-state index contributed by atoms with van der Waals surface area (Å²) in [6, 6.07) is -0.324. The summed E-state index contributed by atoms with van der Waals surface area (Å²) in [5.74, 6) is 0.167. The summed E-state index contributed by atoms with van der Waals surface area (Å²) in [6.45, 7) is 4.37. The Balaban J connectivity index is 2.80. The monoisotopic (exact) mass is 406 g/mol. The molecule has 0 aromatic carbocycles. The lowest BCUT2D eigenvalue weighted by molar-refractivity contribution is -0.124. The molecule has 158 valence electrons. The van der Waals surface area contributed by atoms with E-state index >= 15 is 0 Å². The van der Waals surface area contributed by atoms with E-state index in [4.69, 9.17) is 0 Å². The Morgan fingerprint density at radius 2 is 1.89 bits per heavy atom. The molecule has 0 aromatic rings. The van der Waals surface area contributed by atoms with Crippen LogP contribution in [0.2, 0.25) is 0 Å². The molecule has 1 fully saturated rings. The maximum atomic E-state index is 12.6. The Hall–Kier alpha value is -0.680. The minimum Gasteiger partial charge on any atom is -0.387 e. The molecule has 1 heterocycles. The molecule has 0 saturated carbocycles. The highest BCUT2D eigenvalue weighted by molar-refractivity contribution is 7.99. The minimum absolute atomic E-state index is 0.0460. The fraction of sp³-hybridized carbons (Fsp3) is 0.833. The van der Waals surface area contributed by atoms with Crippen LogP contribution < -0.4 is 5.32 Å². The van der Waals surface area contributed by atoms with Crippen LogP contribution in [0, 0.1) is 5.92 Å². The van der Waals surface area contributed by atoms with E-state index in [1.807, 2.05) is 11.9 Å². The predicted octanol–water partition coefficient (Wildman–Crippen LogP) is -0.748. The van der Waals surface area contributed by atoms with Crippen molar-refractivity contribution in [1.82, 2.24) is 10.2 Å². The average molecular weight is 407 g/mol. The third kappa shape index (κ3) is 7.01. The van der Waals surface area contributed by atoms with Crippen LogP contribution in [0.25, 0.3) is 0 Å². The van der Waals surface area contributed by atoms with E-state index in [1.165, 1.54) is 6.92 Å². The molecule has 0 aliphatic carbocycles. The molecule has 8 nitrogen and oxygen atoms in total. The lowest BCUT2D eigenvalue weighted by Crippen LogP contribution is -2.45. The van der Waals surface area contributed by atoms with Crippen molar-refractivity contribution in [3.63, 3.8) is 0 Å². The molecule has 1 amide bonds. The SMILES string of the molecule is CCC[C@H]1C[C@H](C(=O)N/C(=C\[C@@H](O)[C@H](O)[C@@H](O)[C@@H](O)SC)[C@H](C)O)N(C)C1. The number of aliphatic hydroxyl groups excluding tert-OH is 5. The van der Waals surface area contributed by atoms with Crippen LogP contribution in [0.15, 0.2) is 11.8 Å². The fourth-order valence-corrected chi connectivity index (χ4v) is 3.77. The third-order valence-corrected chi connectivity index (χ3v) is 5.70. The van der Waals surface area contributed by atoms with Gasteiger partial charge in [-0.15, -0.1) is 11.8 Å². The number of thioether (sulfide) groups is 1. The van der Waals surface area contributed by atoms with Gasteiger partial charge in [0.1, 0.15) is 23.7 Å². The number of carbonyl (C=O) groups excluding carboxylic acids is 1. The van der Waals surface area contributed by atoms with Gasteiger partial charge in [-0.1, -0.05) is 13.3 Å². The van der Waals surface area contributed by atoms with Crippen LogP contribution in [0.5, 0.6) is 0 Å². The first-order valence-electron chi connectivity index (χ1n) is 9.28. The van der Waals surface area contributed by atoms with E-state index in [0.29, 0.717) is 5.92 Å². The maximum Gasteiger partial charge on any atom is 0.241 e. The average Bonchev–Trinajstić information content (AvgIpc) is 2.99. The van der Waals surface area contributed by atoms with Gasteiger partial charge in [0.25, 0.3) is 0 Å². The van der Waals surface area contributed by atoms with Crippen LogP contribution in [0.1, 0.15) is 33.1 Å². The van der Waals surface area contributed by atoms with Crippen molar-refractivity contribution in [2.75, 3.05) is 19.8 Å². The number of nitrogens with zero attached hydrogens (tertiary/aromatic N) is 1. The molecule has 0 aromatic heterocycles. The van der Waals surface area contributed by atoms with Gasteiger partial charge in [0, 0.05) is 12.2 Å². The van der Waals surface area contributed by atoms with E-state index in [-0.39, 0.29) is 17.6 Å². The van der Waals surface area contributed by atoms with Crippen molar-refractivity contribution in [2.24, 2.45) is 5.92 Å². The summed E-state index contributed by atoms with van der Waals surface area (Å²) in [7, 11) is 1.88. The maximum absolute atomic E-state index is 12.6. The first-order valence-corrected chi connectivity index (χ1v) is 10.6. The van der Waals surface area contributed by atoms with Gasteiger partial charge in [-0.25, -0.2) is 0 Å². The van der Waals surface area contributed by atoms with Gasteiger partial charge in [-0.05, 0) is 45.1 Å². The van der Waals surface area contributed by atoms with Crippen LogP contribution in [-0.2, 0) is 4.79 Å². The Kier molecular flexibility index (Phi) is 10.2. The first kappa shape index (κ1) is 24.4. The molecule has 1 rings (SSSR count). The van der Waals surface area contributed by atoms with Crippen LogP contribution in [0.3, 0.4) is 0 Å². The standard InChI is InChI=1S/C18H34N2O6S/c1-5-6-11-7-13(20(3)9-11)17(25)19-12(10(2)21)8-14(22)15(23)16(24)18(26)27-4/h8,10-11,13-16,18,21-24,26H,5-7,9H2,1-4H3,(H,19,25)/b12-8-/t10-,11-,13+,14+,15-,16+,18-/m0/s1. The van der Waals surface area contributed by atoms with E-state index in [9.17, 15) is 30.3 Å². The molecule has 0 bridgehead atoms. The number of carbonyl (C=O) groups is 1. The Morgan fingerprint density at radius 3 is 2.41 bits per heavy atom. The quantitative estimate of drug-likeness (QED) is 0.261. The number of likely N-dealkylation sites (tertiary alicyclic amines) is 1. The Bertz CT molecular complexity index is 504. The van der Waals surface area contributed by atoms with E-state index in [1.54, 1.807) is 6.26 Å². The number of rotatable bonds is 10. The van der Waals surface area contributed by atoms with Crippen LogP contribution in [-0.4, -0.2) is 92.1 Å². The summed E-state index contributed by atoms with van der Waals surface area (Å²) >= 11 is 0.925. The highest BCUT2D eigenvalue weighted by Gasteiger charge is 2.35. The number of hydrogen-bond donors (Lipinski definition) is 6. The van der Waals surface area contributed by atoms with Crippen molar-refractivity contribution < 1.29 is 30.3 Å². The Labute approximate surface area is 165 Å². The first-order chi connectivity index (χ1) is 12.6. The smallest absolute Gasteiger partial charge is 0.241 e. The molecule has 7 atom stereocenters. The number of likely N-dealkylation sites (N-methyl/N-ethyl adjacent to an activating group) is 1. The van der Waals surface area contributed by atoms with E-state index in [2.05, 4.69) is 12.2 Å². The van der Waals surface area contributed by atoms with Gasteiger partial charge in [0.2, 0.25) is 5.91 Å². The molecule has 0 unspecified atom stereocenters. The normalized spacial score (nSPS) is 27.1. The molecule has 1 saturated heterocycles. The molecular formula is C18H34N2O6S. The number of nitrogens with one attached hydrogen (secondary N) is 1. The second kappa shape index (κ2) is 11.4. The van der Waals surface area contributed by atoms with Crippen molar-refractivity contribution in [2.45, 2.75) is 69.0 Å². The van der Waals surface area contributed by atoms with Gasteiger partial charge in [-0.3, -0.25) is 9.69 Å². The second-order valence-electron chi connectivity index (χ2n) is 7.23. The van der Waals surface area contributed by atoms with E-state index in [0.717, 1.165) is 43.6 Å². The van der Waals surface area contributed by atoms with Crippen molar-refractivity contribution in [3.8, 4) is 0 Å². The summed E-state index contributed by atoms with van der Waals surface area (Å²) in [4.78, 5) is 14.6. The van der Waals surface area contributed by atoms with Crippen LogP contribution >= 0.6 is 11.8 Å². The van der Waals surface area contributed by atoms with Gasteiger partial charge in [0.05, 0.1) is 12.1 Å². The fourth-order valence-electron chi connectivity index (χ4n) is 3.33. The summed E-state index contributed by atoms with van der Waals surface area (Å²) in [6.07, 6.45) is -0.414.